The van der Waals surface area contributed by atoms with Crippen LogP contribution in [0.4, 0.5) is 0 Å². The lowest BCUT2D eigenvalue weighted by Crippen LogP contribution is -2.19. The first-order valence-corrected chi connectivity index (χ1v) is 8.58. The van der Waals surface area contributed by atoms with Crippen molar-refractivity contribution < 1.29 is 0 Å². The normalized spacial score (nSPS) is 17.0. The number of nitrogens with two attached hydrogens (primary N) is 1. The second-order valence-electron chi connectivity index (χ2n) is 6.40. The first-order valence-electron chi connectivity index (χ1n) is 8.58. The molecule has 0 aromatic rings. The monoisotopic (exact) mass is 253 g/mol. The van der Waals surface area contributed by atoms with E-state index in [1.54, 1.807) is 0 Å². The molecule has 0 amide bonds. The zero-order valence-corrected chi connectivity index (χ0v) is 12.6. The lowest BCUT2D eigenvalue weighted by atomic mass is 10.0. The van der Waals surface area contributed by atoms with Gasteiger partial charge in [-0.25, -0.2) is 0 Å². The molecule has 0 bridgehead atoms. The summed E-state index contributed by atoms with van der Waals surface area (Å²) >= 11 is 0. The quantitative estimate of drug-likeness (QED) is 0.435. The van der Waals surface area contributed by atoms with Gasteiger partial charge >= 0.3 is 0 Å². The average Bonchev–Trinajstić information content (AvgIpc) is 3.18. The Morgan fingerprint density at radius 3 is 1.94 bits per heavy atom. The van der Waals surface area contributed by atoms with E-state index in [1.165, 1.54) is 89.9 Å². The summed E-state index contributed by atoms with van der Waals surface area (Å²) in [5.41, 5.74) is 6.15. The summed E-state index contributed by atoms with van der Waals surface area (Å²) in [6, 6.07) is 0.496. The molecule has 1 heteroatoms. The van der Waals surface area contributed by atoms with E-state index in [1.807, 2.05) is 0 Å². The van der Waals surface area contributed by atoms with Gasteiger partial charge < -0.3 is 5.73 Å². The van der Waals surface area contributed by atoms with Crippen LogP contribution in [0.3, 0.4) is 0 Å². The fourth-order valence-electron chi connectivity index (χ4n) is 2.72. The van der Waals surface area contributed by atoms with Crippen LogP contribution in [-0.4, -0.2) is 6.04 Å². The zero-order valence-electron chi connectivity index (χ0n) is 12.6. The summed E-state index contributed by atoms with van der Waals surface area (Å²) < 4.78 is 0. The third-order valence-corrected chi connectivity index (χ3v) is 4.32. The molecule has 1 unspecified atom stereocenters. The van der Waals surface area contributed by atoms with E-state index < -0.39 is 0 Å². The van der Waals surface area contributed by atoms with Crippen LogP contribution in [0.2, 0.25) is 0 Å². The van der Waals surface area contributed by atoms with Gasteiger partial charge in [-0.05, 0) is 25.2 Å². The van der Waals surface area contributed by atoms with E-state index in [-0.39, 0.29) is 0 Å². The first-order chi connectivity index (χ1) is 8.83. The molecule has 108 valence electrons. The van der Waals surface area contributed by atoms with Gasteiger partial charge in [-0.2, -0.15) is 0 Å². The third-order valence-electron chi connectivity index (χ3n) is 4.32. The largest absolute Gasteiger partial charge is 0.328 e. The van der Waals surface area contributed by atoms with E-state index in [2.05, 4.69) is 6.92 Å². The van der Waals surface area contributed by atoms with Crippen LogP contribution in [0, 0.1) is 5.92 Å². The SMILES string of the molecule is CCCCCCCCCCCC(N)CCC1CC1. The molecule has 1 atom stereocenters. The number of rotatable bonds is 13. The second-order valence-corrected chi connectivity index (χ2v) is 6.40. The smallest absolute Gasteiger partial charge is 0.00389 e. The predicted octanol–water partition coefficient (Wildman–Crippen LogP) is 5.42. The van der Waals surface area contributed by atoms with Gasteiger partial charge in [0.05, 0.1) is 0 Å². The summed E-state index contributed by atoms with van der Waals surface area (Å²) in [4.78, 5) is 0. The van der Waals surface area contributed by atoms with Crippen molar-refractivity contribution in [3.8, 4) is 0 Å². The molecule has 2 N–H and O–H groups in total. The molecule has 0 heterocycles. The van der Waals surface area contributed by atoms with Crippen LogP contribution < -0.4 is 5.73 Å². The predicted molar refractivity (Wildman–Crippen MR) is 81.8 cm³/mol. The second kappa shape index (κ2) is 10.8. The van der Waals surface area contributed by atoms with Crippen molar-refractivity contribution in [3.63, 3.8) is 0 Å². The van der Waals surface area contributed by atoms with Crippen molar-refractivity contribution in [2.24, 2.45) is 11.7 Å². The van der Waals surface area contributed by atoms with E-state index >= 15 is 0 Å². The van der Waals surface area contributed by atoms with Crippen LogP contribution in [0.1, 0.15) is 96.8 Å². The zero-order chi connectivity index (χ0) is 13.1. The Kier molecular flexibility index (Phi) is 9.65. The molecular weight excluding hydrogens is 218 g/mol. The van der Waals surface area contributed by atoms with Crippen molar-refractivity contribution in [2.45, 2.75) is 103 Å². The van der Waals surface area contributed by atoms with Crippen LogP contribution >= 0.6 is 0 Å². The average molecular weight is 253 g/mol. The molecular formula is C17H35N. The Morgan fingerprint density at radius 2 is 1.39 bits per heavy atom. The van der Waals surface area contributed by atoms with Gasteiger partial charge in [-0.3, -0.25) is 0 Å². The lowest BCUT2D eigenvalue weighted by molar-refractivity contribution is 0.485. The van der Waals surface area contributed by atoms with Gasteiger partial charge in [0, 0.05) is 6.04 Å². The van der Waals surface area contributed by atoms with Gasteiger partial charge in [0.15, 0.2) is 0 Å². The maximum Gasteiger partial charge on any atom is 0.00389 e. The summed E-state index contributed by atoms with van der Waals surface area (Å²) in [6.07, 6.45) is 19.7. The van der Waals surface area contributed by atoms with Gasteiger partial charge in [-0.15, -0.1) is 0 Å². The van der Waals surface area contributed by atoms with Gasteiger partial charge in [-0.1, -0.05) is 77.6 Å². The van der Waals surface area contributed by atoms with E-state index in [0.29, 0.717) is 6.04 Å². The molecule has 1 saturated carbocycles. The van der Waals surface area contributed by atoms with E-state index in [0.717, 1.165) is 5.92 Å². The van der Waals surface area contributed by atoms with Crippen LogP contribution in [0.25, 0.3) is 0 Å². The highest BCUT2D eigenvalue weighted by atomic mass is 14.6. The maximum atomic E-state index is 6.15. The lowest BCUT2D eigenvalue weighted by Gasteiger charge is -2.10. The Hall–Kier alpha value is -0.0400. The van der Waals surface area contributed by atoms with Crippen LogP contribution in [0.15, 0.2) is 0 Å². The Morgan fingerprint density at radius 1 is 0.833 bits per heavy atom. The Balaban J connectivity index is 1.71. The highest BCUT2D eigenvalue weighted by molar-refractivity contribution is 4.75. The molecule has 0 aliphatic heterocycles. The highest BCUT2D eigenvalue weighted by Gasteiger charge is 2.21. The maximum absolute atomic E-state index is 6.15. The van der Waals surface area contributed by atoms with E-state index in [4.69, 9.17) is 5.73 Å². The van der Waals surface area contributed by atoms with Crippen LogP contribution in [-0.2, 0) is 0 Å². The van der Waals surface area contributed by atoms with Crippen molar-refractivity contribution in [1.82, 2.24) is 0 Å². The van der Waals surface area contributed by atoms with Crippen molar-refractivity contribution in [3.05, 3.63) is 0 Å². The minimum atomic E-state index is 0.496. The van der Waals surface area contributed by atoms with E-state index in [9.17, 15) is 0 Å². The number of unbranched alkanes of at least 4 members (excludes halogenated alkanes) is 8. The Bertz CT molecular complexity index is 174. The van der Waals surface area contributed by atoms with Crippen molar-refractivity contribution in [1.29, 1.82) is 0 Å². The van der Waals surface area contributed by atoms with Gasteiger partial charge in [0.25, 0.3) is 0 Å². The topological polar surface area (TPSA) is 26.0 Å². The molecule has 1 aliphatic carbocycles. The summed E-state index contributed by atoms with van der Waals surface area (Å²) in [6.45, 7) is 2.28. The Labute approximate surface area is 115 Å². The number of hydrogen-bond acceptors (Lipinski definition) is 1. The van der Waals surface area contributed by atoms with Crippen molar-refractivity contribution >= 4 is 0 Å². The minimum absolute atomic E-state index is 0.496. The summed E-state index contributed by atoms with van der Waals surface area (Å²) in [7, 11) is 0. The molecule has 0 aromatic heterocycles. The summed E-state index contributed by atoms with van der Waals surface area (Å²) in [5, 5.41) is 0. The summed E-state index contributed by atoms with van der Waals surface area (Å²) in [5.74, 6) is 1.05. The fraction of sp³-hybridized carbons (Fsp3) is 1.00. The fourth-order valence-corrected chi connectivity index (χ4v) is 2.72. The third kappa shape index (κ3) is 9.94. The van der Waals surface area contributed by atoms with Gasteiger partial charge in [0.2, 0.25) is 0 Å². The first kappa shape index (κ1) is 16.0. The highest BCUT2D eigenvalue weighted by Crippen LogP contribution is 2.34. The van der Waals surface area contributed by atoms with Gasteiger partial charge in [0.1, 0.15) is 0 Å². The minimum Gasteiger partial charge on any atom is -0.328 e. The number of hydrogen-bond donors (Lipinski definition) is 1. The molecule has 0 saturated heterocycles. The molecule has 1 nitrogen and oxygen atoms in total. The molecule has 18 heavy (non-hydrogen) atoms. The molecule has 1 aliphatic rings. The molecule has 0 spiro atoms. The molecule has 1 fully saturated rings. The van der Waals surface area contributed by atoms with Crippen LogP contribution in [0.5, 0.6) is 0 Å². The standard InChI is InChI=1S/C17H35N/c1-2-3-4-5-6-7-8-9-10-11-17(18)15-14-16-12-13-16/h16-17H,2-15,18H2,1H3. The molecule has 1 rings (SSSR count). The molecule has 0 radical (unpaired) electrons. The molecule has 0 aromatic carbocycles. The van der Waals surface area contributed by atoms with Crippen molar-refractivity contribution in [2.75, 3.05) is 0 Å².